The van der Waals surface area contributed by atoms with Gasteiger partial charge >= 0.3 is 0 Å². The van der Waals surface area contributed by atoms with Crippen LogP contribution in [0.5, 0.6) is 0 Å². The summed E-state index contributed by atoms with van der Waals surface area (Å²) in [7, 11) is 0. The molecule has 0 aliphatic carbocycles. The molecule has 0 bridgehead atoms. The highest BCUT2D eigenvalue weighted by Gasteiger charge is 2.43. The molecule has 2 aromatic rings. The van der Waals surface area contributed by atoms with Gasteiger partial charge in [-0.3, -0.25) is 14.5 Å². The van der Waals surface area contributed by atoms with E-state index in [-0.39, 0.29) is 12.1 Å². The molecule has 31 heavy (non-hydrogen) atoms. The summed E-state index contributed by atoms with van der Waals surface area (Å²) in [4.78, 5) is 28.7. The van der Waals surface area contributed by atoms with Crippen molar-refractivity contribution in [1.29, 1.82) is 0 Å². The Morgan fingerprint density at radius 1 is 1.10 bits per heavy atom. The zero-order valence-electron chi connectivity index (χ0n) is 18.0. The zero-order valence-corrected chi connectivity index (χ0v) is 18.0. The lowest BCUT2D eigenvalue weighted by Crippen LogP contribution is -2.45. The van der Waals surface area contributed by atoms with Crippen LogP contribution < -0.4 is 4.90 Å². The van der Waals surface area contributed by atoms with Crippen LogP contribution in [0.25, 0.3) is 0 Å². The maximum absolute atomic E-state index is 12.7. The Kier molecular flexibility index (Phi) is 7.12. The van der Waals surface area contributed by atoms with Crippen molar-refractivity contribution in [2.75, 3.05) is 37.9 Å². The van der Waals surface area contributed by atoms with Crippen molar-refractivity contribution in [3.05, 3.63) is 65.7 Å². The molecule has 0 spiro atoms. The molecular formula is C25H30N2O4. The fourth-order valence-electron chi connectivity index (χ4n) is 4.78. The first-order valence-corrected chi connectivity index (χ1v) is 11.0. The molecule has 2 aromatic carbocycles. The van der Waals surface area contributed by atoms with E-state index in [1.807, 2.05) is 42.5 Å². The molecule has 4 rings (SSSR count). The van der Waals surface area contributed by atoms with Gasteiger partial charge in [0.2, 0.25) is 5.78 Å². The summed E-state index contributed by atoms with van der Waals surface area (Å²) in [5, 5.41) is 0. The molecule has 2 saturated heterocycles. The molecule has 2 aliphatic rings. The summed E-state index contributed by atoms with van der Waals surface area (Å²) < 4.78 is 11.6. The summed E-state index contributed by atoms with van der Waals surface area (Å²) in [6.07, 6.45) is 1.52. The van der Waals surface area contributed by atoms with Gasteiger partial charge in [0.15, 0.2) is 6.29 Å². The van der Waals surface area contributed by atoms with Crippen molar-refractivity contribution >= 4 is 17.8 Å². The van der Waals surface area contributed by atoms with Crippen LogP contribution in [0.2, 0.25) is 0 Å². The molecule has 0 saturated carbocycles. The molecule has 0 radical (unpaired) electrons. The second kappa shape index (κ2) is 10.2. The normalized spacial score (nSPS) is 22.9. The number of hydrogen-bond acceptors (Lipinski definition) is 6. The van der Waals surface area contributed by atoms with Crippen LogP contribution in [0, 0.1) is 0 Å². The van der Waals surface area contributed by atoms with Gasteiger partial charge in [-0.25, -0.2) is 0 Å². The van der Waals surface area contributed by atoms with Gasteiger partial charge in [-0.2, -0.15) is 0 Å². The maximum atomic E-state index is 12.7. The van der Waals surface area contributed by atoms with Crippen LogP contribution in [0.3, 0.4) is 0 Å². The van der Waals surface area contributed by atoms with E-state index in [2.05, 4.69) is 28.9 Å². The van der Waals surface area contributed by atoms with E-state index < -0.39 is 11.8 Å². The second-order valence-corrected chi connectivity index (χ2v) is 8.09. The van der Waals surface area contributed by atoms with Crippen LogP contribution in [0.15, 0.2) is 54.6 Å². The van der Waals surface area contributed by atoms with Crippen molar-refractivity contribution in [2.45, 2.75) is 38.0 Å². The highest BCUT2D eigenvalue weighted by Crippen LogP contribution is 2.37. The van der Waals surface area contributed by atoms with E-state index >= 15 is 0 Å². The highest BCUT2D eigenvalue weighted by molar-refractivity contribution is 6.27. The third kappa shape index (κ3) is 4.71. The van der Waals surface area contributed by atoms with Gasteiger partial charge in [-0.05, 0) is 23.6 Å². The number of rotatable bonds is 8. The predicted octanol–water partition coefficient (Wildman–Crippen LogP) is 3.01. The number of carbonyl (C=O) groups excluding carboxylic acids is 2. The van der Waals surface area contributed by atoms with Crippen LogP contribution >= 0.6 is 0 Å². The van der Waals surface area contributed by atoms with Crippen molar-refractivity contribution < 1.29 is 19.1 Å². The molecule has 0 amide bonds. The lowest BCUT2D eigenvalue weighted by molar-refractivity contribution is -0.133. The number of Topliss-reactive ketones (excluding diaryl/α,β-unsaturated/α-hetero) is 1. The van der Waals surface area contributed by atoms with E-state index in [0.717, 1.165) is 25.1 Å². The molecule has 6 heteroatoms. The first-order valence-electron chi connectivity index (χ1n) is 11.0. The molecule has 6 nitrogen and oxygen atoms in total. The zero-order chi connectivity index (χ0) is 21.6. The van der Waals surface area contributed by atoms with E-state index in [0.29, 0.717) is 32.7 Å². The number of morpholine rings is 1. The number of ketones is 1. The Morgan fingerprint density at radius 2 is 1.81 bits per heavy atom. The minimum Gasteiger partial charge on any atom is -0.378 e. The lowest BCUT2D eigenvalue weighted by atomic mass is 9.94. The van der Waals surface area contributed by atoms with Gasteiger partial charge in [-0.1, -0.05) is 55.5 Å². The Morgan fingerprint density at radius 3 is 2.52 bits per heavy atom. The number of carbonyl (C=O) groups is 2. The van der Waals surface area contributed by atoms with Gasteiger partial charge in [-0.15, -0.1) is 0 Å². The quantitative estimate of drug-likeness (QED) is 0.482. The predicted molar refractivity (Wildman–Crippen MR) is 119 cm³/mol. The highest BCUT2D eigenvalue weighted by atomic mass is 16.5. The van der Waals surface area contributed by atoms with Gasteiger partial charge < -0.3 is 14.4 Å². The average Bonchev–Trinajstić information content (AvgIpc) is 3.23. The minimum absolute atomic E-state index is 0.0197. The fourth-order valence-corrected chi connectivity index (χ4v) is 4.78. The molecule has 2 aliphatic heterocycles. The Hall–Kier alpha value is -2.54. The summed E-state index contributed by atoms with van der Waals surface area (Å²) in [6, 6.07) is 17.7. The third-order valence-corrected chi connectivity index (χ3v) is 6.27. The smallest absolute Gasteiger partial charge is 0.214 e. The van der Waals surface area contributed by atoms with Crippen molar-refractivity contribution in [3.63, 3.8) is 0 Å². The summed E-state index contributed by atoms with van der Waals surface area (Å²) in [5.41, 5.74) is 3.43. The maximum Gasteiger partial charge on any atom is 0.214 e. The van der Waals surface area contributed by atoms with Gasteiger partial charge in [0.05, 0.1) is 19.3 Å². The number of benzene rings is 2. The Labute approximate surface area is 183 Å². The molecule has 164 valence electrons. The molecule has 0 N–H and O–H groups in total. The number of hydrogen-bond donors (Lipinski definition) is 0. The average molecular weight is 423 g/mol. The summed E-state index contributed by atoms with van der Waals surface area (Å²) in [5.74, 6) is -0.416. The molecule has 3 atom stereocenters. The summed E-state index contributed by atoms with van der Waals surface area (Å²) >= 11 is 0. The van der Waals surface area contributed by atoms with Crippen LogP contribution in [-0.4, -0.2) is 62.1 Å². The van der Waals surface area contributed by atoms with E-state index in [9.17, 15) is 9.59 Å². The third-order valence-electron chi connectivity index (χ3n) is 6.27. The van der Waals surface area contributed by atoms with Crippen LogP contribution in [0.4, 0.5) is 5.69 Å². The van der Waals surface area contributed by atoms with Crippen molar-refractivity contribution in [1.82, 2.24) is 4.90 Å². The van der Waals surface area contributed by atoms with E-state index in [1.54, 1.807) is 0 Å². The summed E-state index contributed by atoms with van der Waals surface area (Å²) in [6.45, 7) is 5.56. The van der Waals surface area contributed by atoms with E-state index in [4.69, 9.17) is 9.47 Å². The molecule has 0 aromatic heterocycles. The van der Waals surface area contributed by atoms with Crippen LogP contribution in [-0.2, 0) is 25.5 Å². The number of aldehydes is 1. The lowest BCUT2D eigenvalue weighted by Gasteiger charge is -2.36. The van der Waals surface area contributed by atoms with Gasteiger partial charge in [0.25, 0.3) is 0 Å². The first kappa shape index (κ1) is 21.7. The van der Waals surface area contributed by atoms with Gasteiger partial charge in [0, 0.05) is 31.2 Å². The molecule has 2 fully saturated rings. The van der Waals surface area contributed by atoms with Crippen molar-refractivity contribution in [2.24, 2.45) is 0 Å². The minimum atomic E-state index is -0.583. The number of anilines is 1. The number of ether oxygens (including phenoxy) is 2. The standard InChI is InChI=1S/C25H30N2O4/c1-2-21(20-10-6-7-11-22(20)26-12-14-30-15-13-26)27-18-31-24(25(27)23(29)17-28)16-19-8-4-3-5-9-19/h3-11,17,21,24-25H,2,12-16,18H2,1H3. The SMILES string of the molecule is CCC(c1ccccc1N1CCOCC1)N1COC(Cc2ccccc2)C1C(=O)C=O. The fraction of sp³-hybridized carbons (Fsp3) is 0.440. The first-order chi connectivity index (χ1) is 15.2. The van der Waals surface area contributed by atoms with Crippen LogP contribution in [0.1, 0.15) is 30.5 Å². The molecule has 2 heterocycles. The molecule has 3 unspecified atom stereocenters. The Balaban J connectivity index is 1.63. The Bertz CT molecular complexity index is 882. The second-order valence-electron chi connectivity index (χ2n) is 8.09. The van der Waals surface area contributed by atoms with Crippen molar-refractivity contribution in [3.8, 4) is 0 Å². The monoisotopic (exact) mass is 422 g/mol. The number of para-hydroxylation sites is 1. The topological polar surface area (TPSA) is 59.1 Å². The van der Waals surface area contributed by atoms with E-state index in [1.165, 1.54) is 11.3 Å². The largest absolute Gasteiger partial charge is 0.378 e. The molecular weight excluding hydrogens is 392 g/mol. The van der Waals surface area contributed by atoms with Gasteiger partial charge in [0.1, 0.15) is 12.8 Å². The number of nitrogens with zero attached hydrogens (tertiary/aromatic N) is 2.